The standard InChI is InChI=1S/C19H34O4/c1-3-4-5-6-7-11-17(15(2)19(21)22)23-18(20)12-9-8-10-16-13-14-16/h15-17H,3-14H2,1-2H3,(H,21,22). The van der Waals surface area contributed by atoms with Crippen LogP contribution < -0.4 is 0 Å². The molecule has 0 aromatic rings. The first-order valence-electron chi connectivity index (χ1n) is 9.46. The van der Waals surface area contributed by atoms with Gasteiger partial charge in [0, 0.05) is 6.42 Å². The molecule has 1 aliphatic rings. The molecule has 1 fully saturated rings. The van der Waals surface area contributed by atoms with Crippen LogP contribution in [-0.2, 0) is 14.3 Å². The Labute approximate surface area is 141 Å². The molecule has 4 heteroatoms. The van der Waals surface area contributed by atoms with Crippen molar-refractivity contribution in [3.63, 3.8) is 0 Å². The number of unbranched alkanes of at least 4 members (excludes halogenated alkanes) is 5. The molecule has 2 unspecified atom stereocenters. The van der Waals surface area contributed by atoms with E-state index in [9.17, 15) is 14.7 Å². The molecule has 0 saturated heterocycles. The Balaban J connectivity index is 2.25. The summed E-state index contributed by atoms with van der Waals surface area (Å²) in [5.74, 6) is -0.844. The fraction of sp³-hybridized carbons (Fsp3) is 0.895. The molecule has 1 rings (SSSR count). The molecule has 2 atom stereocenters. The molecule has 0 spiro atoms. The number of aliphatic carboxylic acids is 1. The van der Waals surface area contributed by atoms with Gasteiger partial charge in [-0.15, -0.1) is 0 Å². The predicted molar refractivity (Wildman–Crippen MR) is 91.2 cm³/mol. The number of hydrogen-bond donors (Lipinski definition) is 1. The molecule has 1 N–H and O–H groups in total. The van der Waals surface area contributed by atoms with E-state index in [1.807, 2.05) is 0 Å². The van der Waals surface area contributed by atoms with E-state index >= 15 is 0 Å². The van der Waals surface area contributed by atoms with Crippen LogP contribution in [0, 0.1) is 11.8 Å². The van der Waals surface area contributed by atoms with Crippen molar-refractivity contribution in [2.75, 3.05) is 0 Å². The number of rotatable bonds is 14. The maximum atomic E-state index is 12.0. The van der Waals surface area contributed by atoms with Gasteiger partial charge in [-0.1, -0.05) is 58.3 Å². The highest BCUT2D eigenvalue weighted by atomic mass is 16.5. The maximum Gasteiger partial charge on any atom is 0.309 e. The third-order valence-corrected chi connectivity index (χ3v) is 4.76. The maximum absolute atomic E-state index is 12.0. The third kappa shape index (κ3) is 9.62. The van der Waals surface area contributed by atoms with Crippen molar-refractivity contribution in [1.82, 2.24) is 0 Å². The SMILES string of the molecule is CCCCCCCC(OC(=O)CCCCC1CC1)C(C)C(=O)O. The summed E-state index contributed by atoms with van der Waals surface area (Å²) < 4.78 is 5.48. The third-order valence-electron chi connectivity index (χ3n) is 4.76. The lowest BCUT2D eigenvalue weighted by atomic mass is 9.98. The first-order chi connectivity index (χ1) is 11.0. The van der Waals surface area contributed by atoms with Crippen molar-refractivity contribution in [1.29, 1.82) is 0 Å². The summed E-state index contributed by atoms with van der Waals surface area (Å²) in [5.41, 5.74) is 0. The number of hydrogen-bond acceptors (Lipinski definition) is 3. The van der Waals surface area contributed by atoms with Crippen molar-refractivity contribution < 1.29 is 19.4 Å². The summed E-state index contributed by atoms with van der Waals surface area (Å²) in [5, 5.41) is 9.20. The Morgan fingerprint density at radius 2 is 1.78 bits per heavy atom. The second-order valence-electron chi connectivity index (χ2n) is 7.05. The Morgan fingerprint density at radius 1 is 1.09 bits per heavy atom. The highest BCUT2D eigenvalue weighted by Crippen LogP contribution is 2.34. The Kier molecular flexibility index (Phi) is 9.97. The van der Waals surface area contributed by atoms with Crippen molar-refractivity contribution in [3.05, 3.63) is 0 Å². The van der Waals surface area contributed by atoms with Gasteiger partial charge in [0.15, 0.2) is 0 Å². The van der Waals surface area contributed by atoms with Crippen LogP contribution in [0.5, 0.6) is 0 Å². The number of carboxylic acids is 1. The Bertz CT molecular complexity index is 349. The van der Waals surface area contributed by atoms with Crippen LogP contribution in [0.25, 0.3) is 0 Å². The van der Waals surface area contributed by atoms with E-state index in [0.717, 1.165) is 31.6 Å². The van der Waals surface area contributed by atoms with Gasteiger partial charge in [0.2, 0.25) is 0 Å². The van der Waals surface area contributed by atoms with Gasteiger partial charge in [0.05, 0.1) is 5.92 Å². The summed E-state index contributed by atoms with van der Waals surface area (Å²) in [6.45, 7) is 3.81. The van der Waals surface area contributed by atoms with E-state index < -0.39 is 18.0 Å². The van der Waals surface area contributed by atoms with Crippen LogP contribution in [0.2, 0.25) is 0 Å². The topological polar surface area (TPSA) is 63.6 Å². The molecule has 0 aromatic heterocycles. The van der Waals surface area contributed by atoms with E-state index in [2.05, 4.69) is 6.92 Å². The van der Waals surface area contributed by atoms with E-state index in [0.29, 0.717) is 12.8 Å². The highest BCUT2D eigenvalue weighted by Gasteiger charge is 2.27. The molecule has 4 nitrogen and oxygen atoms in total. The van der Waals surface area contributed by atoms with Crippen molar-refractivity contribution in [3.8, 4) is 0 Å². The average molecular weight is 326 g/mol. The van der Waals surface area contributed by atoms with Gasteiger partial charge < -0.3 is 9.84 Å². The van der Waals surface area contributed by atoms with Crippen LogP contribution in [-0.4, -0.2) is 23.1 Å². The van der Waals surface area contributed by atoms with Gasteiger partial charge in [-0.3, -0.25) is 9.59 Å². The van der Waals surface area contributed by atoms with Crippen molar-refractivity contribution >= 4 is 11.9 Å². The molecule has 0 amide bonds. The molecule has 1 saturated carbocycles. The average Bonchev–Trinajstić information content (AvgIpc) is 3.33. The fourth-order valence-electron chi connectivity index (χ4n) is 2.86. The Hall–Kier alpha value is -1.06. The lowest BCUT2D eigenvalue weighted by Gasteiger charge is -2.21. The van der Waals surface area contributed by atoms with E-state index in [1.165, 1.54) is 38.5 Å². The minimum absolute atomic E-state index is 0.229. The van der Waals surface area contributed by atoms with Crippen LogP contribution >= 0.6 is 0 Å². The van der Waals surface area contributed by atoms with Crippen molar-refractivity contribution in [2.24, 2.45) is 11.8 Å². The second-order valence-corrected chi connectivity index (χ2v) is 7.05. The second kappa shape index (κ2) is 11.5. The monoisotopic (exact) mass is 326 g/mol. The zero-order valence-corrected chi connectivity index (χ0v) is 14.9. The van der Waals surface area contributed by atoms with E-state index in [1.54, 1.807) is 6.92 Å². The molecule has 23 heavy (non-hydrogen) atoms. The summed E-state index contributed by atoms with van der Waals surface area (Å²) in [4.78, 5) is 23.2. The smallest absolute Gasteiger partial charge is 0.309 e. The molecule has 0 aliphatic heterocycles. The minimum atomic E-state index is -0.884. The highest BCUT2D eigenvalue weighted by molar-refractivity contribution is 5.72. The molecule has 0 radical (unpaired) electrons. The van der Waals surface area contributed by atoms with Gasteiger partial charge >= 0.3 is 11.9 Å². The number of carboxylic acid groups (broad SMARTS) is 1. The summed E-state index contributed by atoms with van der Waals surface area (Å²) >= 11 is 0. The Morgan fingerprint density at radius 3 is 2.39 bits per heavy atom. The van der Waals surface area contributed by atoms with Gasteiger partial charge in [0.1, 0.15) is 6.10 Å². The molecule has 134 valence electrons. The fourth-order valence-corrected chi connectivity index (χ4v) is 2.86. The molecular weight excluding hydrogens is 292 g/mol. The molecule has 1 aliphatic carbocycles. The van der Waals surface area contributed by atoms with Crippen molar-refractivity contribution in [2.45, 2.75) is 97.0 Å². The van der Waals surface area contributed by atoms with E-state index in [4.69, 9.17) is 4.74 Å². The van der Waals surface area contributed by atoms with E-state index in [-0.39, 0.29) is 5.97 Å². The molecular formula is C19H34O4. The van der Waals surface area contributed by atoms with Crippen LogP contribution in [0.1, 0.15) is 90.9 Å². The molecule has 0 aromatic carbocycles. The van der Waals surface area contributed by atoms with Crippen LogP contribution in [0.4, 0.5) is 0 Å². The normalized spacial score (nSPS) is 16.8. The first-order valence-corrected chi connectivity index (χ1v) is 9.46. The zero-order valence-electron chi connectivity index (χ0n) is 14.9. The summed E-state index contributed by atoms with van der Waals surface area (Å²) in [6.07, 6.45) is 12.0. The zero-order chi connectivity index (χ0) is 17.1. The number of esters is 1. The number of carbonyl (C=O) groups excluding carboxylic acids is 1. The number of carbonyl (C=O) groups is 2. The predicted octanol–water partition coefficient (Wildman–Crippen LogP) is 4.95. The molecule has 0 bridgehead atoms. The lowest BCUT2D eigenvalue weighted by Crippen LogP contribution is -2.30. The first kappa shape index (κ1) is 20.0. The minimum Gasteiger partial charge on any atom is -0.481 e. The van der Waals surface area contributed by atoms with Gasteiger partial charge in [-0.05, 0) is 32.1 Å². The molecule has 0 heterocycles. The van der Waals surface area contributed by atoms with Gasteiger partial charge in [0.25, 0.3) is 0 Å². The van der Waals surface area contributed by atoms with Crippen LogP contribution in [0.3, 0.4) is 0 Å². The largest absolute Gasteiger partial charge is 0.481 e. The summed E-state index contributed by atoms with van der Waals surface area (Å²) in [6, 6.07) is 0. The lowest BCUT2D eigenvalue weighted by molar-refractivity contribution is -0.158. The van der Waals surface area contributed by atoms with Crippen LogP contribution in [0.15, 0.2) is 0 Å². The summed E-state index contributed by atoms with van der Waals surface area (Å²) in [7, 11) is 0. The van der Waals surface area contributed by atoms with Gasteiger partial charge in [-0.25, -0.2) is 0 Å². The van der Waals surface area contributed by atoms with Gasteiger partial charge in [-0.2, -0.15) is 0 Å². The number of ether oxygens (including phenoxy) is 1. The quantitative estimate of drug-likeness (QED) is 0.362.